The summed E-state index contributed by atoms with van der Waals surface area (Å²) in [6.45, 7) is 15.6. The van der Waals surface area contributed by atoms with Crippen LogP contribution in [-0.4, -0.2) is 6.66 Å². The Morgan fingerprint density at radius 3 is 0.757 bits per heavy atom. The predicted octanol–water partition coefficient (Wildman–Crippen LogP) is 11.6. The minimum absolute atomic E-state index is 0. The van der Waals surface area contributed by atoms with Crippen LogP contribution in [0.4, 0.5) is 0 Å². The molecule has 1 radical (unpaired) electrons. The third-order valence-electron chi connectivity index (χ3n) is 5.25. The Hall–Kier alpha value is -1.59. The Morgan fingerprint density at radius 1 is 0.405 bits per heavy atom. The Balaban J connectivity index is 0. The molecule has 0 saturated carbocycles. The van der Waals surface area contributed by atoms with E-state index in [-0.39, 0.29) is 32.7 Å². The van der Waals surface area contributed by atoms with E-state index in [0.717, 1.165) is 0 Å². The summed E-state index contributed by atoms with van der Waals surface area (Å²) in [7, 11) is 2.42. The van der Waals surface area contributed by atoms with E-state index in [1.165, 1.54) is 59.1 Å². The second kappa shape index (κ2) is 26.0. The average molecular weight is 589 g/mol. The molecule has 1 atom stereocenters. The maximum atomic E-state index is 3.25. The summed E-state index contributed by atoms with van der Waals surface area (Å²) in [4.78, 5) is 0. The van der Waals surface area contributed by atoms with Gasteiger partial charge in [-0.3, -0.25) is 0 Å². The van der Waals surface area contributed by atoms with Gasteiger partial charge in [-0.15, -0.1) is 9.24 Å². The van der Waals surface area contributed by atoms with E-state index in [2.05, 4.69) is 153 Å². The molecule has 197 valence electrons. The van der Waals surface area contributed by atoms with Gasteiger partial charge in [-0.25, -0.2) is 0 Å². The zero-order valence-electron chi connectivity index (χ0n) is 24.1. The van der Waals surface area contributed by atoms with E-state index in [1.54, 1.807) is 6.92 Å². The molecule has 0 saturated heterocycles. The normalized spacial score (nSPS) is 8.76. The van der Waals surface area contributed by atoms with Crippen molar-refractivity contribution in [3.63, 3.8) is 0 Å². The fraction of sp³-hybridized carbons (Fsp3) is 0.286. The molecule has 0 amide bonds. The van der Waals surface area contributed by atoms with Gasteiger partial charge in [0.1, 0.15) is 0 Å². The number of benzene rings is 4. The van der Waals surface area contributed by atoms with Crippen molar-refractivity contribution in [3.8, 4) is 33.4 Å². The molecule has 0 aliphatic heterocycles. The molecule has 4 rings (SSSR count). The standard InChI is InChI=1S/C24H18.2C4H10.C2H5.CH5P.Y/c1-4-10-19(11-5-1)22-16-23(20-12-6-2-7-13-20)18-24(17-22)21-14-8-3-9-15-21;2*1-3-4-2;2*1-2;/h1-18H;2*3-4H2,1-2H3;1H2,2H3;2H2,1H3;/q;;;-1;;. The Kier molecular flexibility index (Phi) is 26.4. The summed E-state index contributed by atoms with van der Waals surface area (Å²) >= 11 is 0. The summed E-state index contributed by atoms with van der Waals surface area (Å²) in [6.07, 6.45) is 5.28. The third kappa shape index (κ3) is 15.4. The molecule has 0 nitrogen and oxygen atoms in total. The van der Waals surface area contributed by atoms with Crippen LogP contribution in [0.5, 0.6) is 0 Å². The van der Waals surface area contributed by atoms with Crippen molar-refractivity contribution in [2.45, 2.75) is 60.3 Å². The number of hydrogen-bond acceptors (Lipinski definition) is 0. The molecule has 2 heteroatoms. The van der Waals surface area contributed by atoms with Gasteiger partial charge in [0.05, 0.1) is 0 Å². The summed E-state index contributed by atoms with van der Waals surface area (Å²) in [6, 6.07) is 38.5. The van der Waals surface area contributed by atoms with Crippen molar-refractivity contribution in [3.05, 3.63) is 116 Å². The van der Waals surface area contributed by atoms with Crippen molar-refractivity contribution >= 4 is 9.24 Å². The zero-order valence-corrected chi connectivity index (χ0v) is 28.1. The van der Waals surface area contributed by atoms with Crippen LogP contribution < -0.4 is 0 Å². The molecule has 0 aliphatic carbocycles. The van der Waals surface area contributed by atoms with Crippen molar-refractivity contribution in [2.75, 3.05) is 6.66 Å². The SMILES string of the molecule is CCCC.CCCC.CP.[CH2-]C.[Y].c1ccc(-c2cc(-c3ccccc3)cc(-c3ccccc3)c2)cc1. The number of unbranched alkanes of at least 4 members (excludes halogenated alkanes) is 2. The monoisotopic (exact) mass is 588 g/mol. The molecule has 0 heterocycles. The molecule has 0 spiro atoms. The first-order valence-electron chi connectivity index (χ1n) is 13.3. The van der Waals surface area contributed by atoms with Crippen LogP contribution in [0, 0.1) is 6.92 Å². The topological polar surface area (TPSA) is 0 Å². The molecule has 0 aliphatic rings. The van der Waals surface area contributed by atoms with Gasteiger partial charge in [-0.1, -0.05) is 151 Å². The Labute approximate surface area is 256 Å². The first kappa shape index (κ1) is 37.6. The van der Waals surface area contributed by atoms with Crippen LogP contribution in [0.15, 0.2) is 109 Å². The van der Waals surface area contributed by atoms with E-state index < -0.39 is 0 Å². The predicted molar refractivity (Wildman–Crippen MR) is 171 cm³/mol. The third-order valence-corrected chi connectivity index (χ3v) is 5.25. The van der Waals surface area contributed by atoms with Gasteiger partial charge in [-0.05, 0) is 51.6 Å². The largest absolute Gasteiger partial charge is 0.346 e. The van der Waals surface area contributed by atoms with Crippen molar-refractivity contribution in [1.82, 2.24) is 0 Å². The summed E-state index contributed by atoms with van der Waals surface area (Å²) in [5, 5.41) is 0. The first-order chi connectivity index (χ1) is 17.7. The molecule has 1 unspecified atom stereocenters. The van der Waals surface area contributed by atoms with Crippen LogP contribution in [0.1, 0.15) is 60.3 Å². The van der Waals surface area contributed by atoms with Crippen LogP contribution in [0.2, 0.25) is 0 Å². The van der Waals surface area contributed by atoms with Gasteiger partial charge in [0.25, 0.3) is 0 Å². The first-order valence-corrected chi connectivity index (χ1v) is 14.5. The van der Waals surface area contributed by atoms with Crippen molar-refractivity contribution in [1.29, 1.82) is 0 Å². The molecule has 0 N–H and O–H groups in total. The van der Waals surface area contributed by atoms with E-state index >= 15 is 0 Å². The fourth-order valence-corrected chi connectivity index (χ4v) is 3.02. The molecular formula is C35H48PY-. The van der Waals surface area contributed by atoms with Crippen LogP contribution in [0.3, 0.4) is 0 Å². The van der Waals surface area contributed by atoms with E-state index in [0.29, 0.717) is 0 Å². The minimum Gasteiger partial charge on any atom is -0.346 e. The van der Waals surface area contributed by atoms with Gasteiger partial charge in [0.2, 0.25) is 0 Å². The Morgan fingerprint density at radius 2 is 0.595 bits per heavy atom. The van der Waals surface area contributed by atoms with Crippen LogP contribution in [0.25, 0.3) is 33.4 Å². The van der Waals surface area contributed by atoms with Crippen LogP contribution >= 0.6 is 9.24 Å². The summed E-state index contributed by atoms with van der Waals surface area (Å²) in [5.74, 6) is 0. The van der Waals surface area contributed by atoms with Crippen molar-refractivity contribution in [2.24, 2.45) is 0 Å². The average Bonchev–Trinajstić information content (AvgIpc) is 3.00. The summed E-state index contributed by atoms with van der Waals surface area (Å²) in [5.41, 5.74) is 7.47. The van der Waals surface area contributed by atoms with Gasteiger partial charge in [-0.2, -0.15) is 6.92 Å². The molecule has 0 aromatic heterocycles. The van der Waals surface area contributed by atoms with E-state index in [9.17, 15) is 0 Å². The quantitative estimate of drug-likeness (QED) is 0.161. The molecule has 4 aromatic rings. The second-order valence-electron chi connectivity index (χ2n) is 7.90. The van der Waals surface area contributed by atoms with Gasteiger partial charge < -0.3 is 6.92 Å². The van der Waals surface area contributed by atoms with Crippen molar-refractivity contribution < 1.29 is 32.7 Å². The van der Waals surface area contributed by atoms with Crippen LogP contribution in [-0.2, 0) is 32.7 Å². The maximum Gasteiger partial charge on any atom is 0 e. The van der Waals surface area contributed by atoms with E-state index in [1.807, 2.05) is 6.66 Å². The molecule has 0 fully saturated rings. The van der Waals surface area contributed by atoms with E-state index in [4.69, 9.17) is 0 Å². The minimum atomic E-state index is 0. The molecule has 4 aromatic carbocycles. The fourth-order valence-electron chi connectivity index (χ4n) is 3.02. The molecular weight excluding hydrogens is 540 g/mol. The number of hydrogen-bond donors (Lipinski definition) is 0. The van der Waals surface area contributed by atoms with Gasteiger partial charge in [0.15, 0.2) is 0 Å². The zero-order chi connectivity index (χ0) is 27.0. The molecule has 37 heavy (non-hydrogen) atoms. The maximum absolute atomic E-state index is 3.25. The van der Waals surface area contributed by atoms with Gasteiger partial charge >= 0.3 is 0 Å². The smallest absolute Gasteiger partial charge is 0 e. The second-order valence-corrected chi connectivity index (χ2v) is 7.90. The van der Waals surface area contributed by atoms with Gasteiger partial charge in [0, 0.05) is 32.7 Å². The molecule has 0 bridgehead atoms. The summed E-state index contributed by atoms with van der Waals surface area (Å²) < 4.78 is 0. The Bertz CT molecular complexity index is 851. The number of rotatable bonds is 5.